The summed E-state index contributed by atoms with van der Waals surface area (Å²) in [5, 5.41) is 3.21. The van der Waals surface area contributed by atoms with Crippen molar-refractivity contribution >= 4 is 11.8 Å². The summed E-state index contributed by atoms with van der Waals surface area (Å²) in [5.74, 6) is 1.45. The third-order valence-electron chi connectivity index (χ3n) is 6.18. The number of rotatable bonds is 7. The molecule has 0 unspecified atom stereocenters. The molecule has 1 heterocycles. The quantitative estimate of drug-likeness (QED) is 0.738. The molecule has 1 aliphatic heterocycles. The number of carbonyl (C=O) groups is 2. The predicted octanol–water partition coefficient (Wildman–Crippen LogP) is 3.29. The molecule has 0 aromatic rings. The zero-order valence-electron chi connectivity index (χ0n) is 18.2. The normalized spacial score (nSPS) is 21.9. The van der Waals surface area contributed by atoms with Crippen molar-refractivity contribution in [2.45, 2.75) is 79.2 Å². The Morgan fingerprint density at radius 2 is 1.67 bits per heavy atom. The highest BCUT2D eigenvalue weighted by molar-refractivity contribution is 5.82. The van der Waals surface area contributed by atoms with Crippen molar-refractivity contribution in [2.24, 2.45) is 17.3 Å². The van der Waals surface area contributed by atoms with Gasteiger partial charge in [0, 0.05) is 39.1 Å². The van der Waals surface area contributed by atoms with Crippen LogP contribution in [0.4, 0.5) is 0 Å². The number of piperazine rings is 1. The molecular formula is C22H41N3O2. The molecule has 0 aromatic heterocycles. The number of hydrogen-bond acceptors (Lipinski definition) is 3. The van der Waals surface area contributed by atoms with Crippen LogP contribution in [-0.4, -0.2) is 60.4 Å². The average Bonchev–Trinajstić information content (AvgIpc) is 3.13. The van der Waals surface area contributed by atoms with Crippen LogP contribution in [0.1, 0.15) is 73.1 Å². The Labute approximate surface area is 166 Å². The summed E-state index contributed by atoms with van der Waals surface area (Å²) in [5.41, 5.74) is 0.0243. The van der Waals surface area contributed by atoms with E-state index in [1.54, 1.807) is 0 Å². The zero-order valence-corrected chi connectivity index (χ0v) is 18.2. The number of nitrogens with one attached hydrogen (secondary N) is 1. The maximum absolute atomic E-state index is 13.0. The lowest BCUT2D eigenvalue weighted by molar-refractivity contribution is -0.136. The number of nitrogens with zero attached hydrogens (tertiary/aromatic N) is 2. The monoisotopic (exact) mass is 379 g/mol. The molecule has 1 saturated carbocycles. The maximum atomic E-state index is 13.0. The van der Waals surface area contributed by atoms with Crippen LogP contribution in [0.3, 0.4) is 0 Å². The van der Waals surface area contributed by atoms with Gasteiger partial charge in [-0.3, -0.25) is 14.5 Å². The molecule has 0 spiro atoms. The molecule has 0 aromatic carbocycles. The van der Waals surface area contributed by atoms with E-state index in [4.69, 9.17) is 0 Å². The summed E-state index contributed by atoms with van der Waals surface area (Å²) in [4.78, 5) is 29.9. The first-order valence-corrected chi connectivity index (χ1v) is 11.0. The third kappa shape index (κ3) is 6.78. The molecule has 2 amide bonds. The van der Waals surface area contributed by atoms with Gasteiger partial charge in [0.05, 0.1) is 6.04 Å². The lowest BCUT2D eigenvalue weighted by Gasteiger charge is -2.41. The van der Waals surface area contributed by atoms with Gasteiger partial charge in [0.2, 0.25) is 11.8 Å². The van der Waals surface area contributed by atoms with Gasteiger partial charge in [-0.15, -0.1) is 0 Å². The highest BCUT2D eigenvalue weighted by Gasteiger charge is 2.37. The van der Waals surface area contributed by atoms with Gasteiger partial charge in [-0.1, -0.05) is 53.9 Å². The molecular weight excluding hydrogens is 338 g/mol. The largest absolute Gasteiger partial charge is 0.354 e. The Kier molecular flexibility index (Phi) is 8.14. The molecule has 1 saturated heterocycles. The van der Waals surface area contributed by atoms with Crippen molar-refractivity contribution in [1.82, 2.24) is 15.1 Å². The van der Waals surface area contributed by atoms with Crippen LogP contribution in [0.2, 0.25) is 0 Å². The van der Waals surface area contributed by atoms with Gasteiger partial charge >= 0.3 is 0 Å². The van der Waals surface area contributed by atoms with Crippen molar-refractivity contribution < 1.29 is 9.59 Å². The van der Waals surface area contributed by atoms with E-state index in [0.717, 1.165) is 52.0 Å². The van der Waals surface area contributed by atoms with Crippen LogP contribution in [-0.2, 0) is 9.59 Å². The Hall–Kier alpha value is -1.10. The Balaban J connectivity index is 1.94. The summed E-state index contributed by atoms with van der Waals surface area (Å²) in [6.07, 6.45) is 6.47. The van der Waals surface area contributed by atoms with Crippen molar-refractivity contribution in [3.05, 3.63) is 0 Å². The van der Waals surface area contributed by atoms with Gasteiger partial charge < -0.3 is 10.2 Å². The van der Waals surface area contributed by atoms with Crippen LogP contribution < -0.4 is 5.32 Å². The van der Waals surface area contributed by atoms with Crippen LogP contribution >= 0.6 is 0 Å². The molecule has 0 bridgehead atoms. The van der Waals surface area contributed by atoms with Crippen LogP contribution in [0, 0.1) is 17.3 Å². The lowest BCUT2D eigenvalue weighted by Crippen LogP contribution is -2.58. The second-order valence-corrected chi connectivity index (χ2v) is 9.90. The van der Waals surface area contributed by atoms with E-state index in [9.17, 15) is 9.59 Å². The molecule has 2 atom stereocenters. The molecule has 5 heteroatoms. The average molecular weight is 380 g/mol. The second kappa shape index (κ2) is 9.90. The first kappa shape index (κ1) is 22.2. The Bertz CT molecular complexity index is 486. The Morgan fingerprint density at radius 3 is 2.19 bits per heavy atom. The summed E-state index contributed by atoms with van der Waals surface area (Å²) < 4.78 is 0. The first-order valence-electron chi connectivity index (χ1n) is 11.0. The van der Waals surface area contributed by atoms with Crippen molar-refractivity contribution in [2.75, 3.05) is 32.7 Å². The van der Waals surface area contributed by atoms with Gasteiger partial charge in [-0.25, -0.2) is 0 Å². The van der Waals surface area contributed by atoms with Crippen LogP contribution in [0.5, 0.6) is 0 Å². The van der Waals surface area contributed by atoms with E-state index in [-0.39, 0.29) is 23.3 Å². The van der Waals surface area contributed by atoms with Gasteiger partial charge in [0.15, 0.2) is 0 Å². The maximum Gasteiger partial charge on any atom is 0.237 e. The smallest absolute Gasteiger partial charge is 0.237 e. The molecule has 156 valence electrons. The molecule has 1 aliphatic carbocycles. The fraction of sp³-hybridized carbons (Fsp3) is 0.909. The minimum Gasteiger partial charge on any atom is -0.354 e. The highest BCUT2D eigenvalue weighted by Crippen LogP contribution is 2.31. The van der Waals surface area contributed by atoms with Gasteiger partial charge in [-0.05, 0) is 30.1 Å². The van der Waals surface area contributed by atoms with E-state index >= 15 is 0 Å². The van der Waals surface area contributed by atoms with Crippen LogP contribution in [0.25, 0.3) is 0 Å². The number of amides is 2. The van der Waals surface area contributed by atoms with E-state index < -0.39 is 0 Å². The molecule has 1 N–H and O–H groups in total. The molecule has 5 nitrogen and oxygen atoms in total. The second-order valence-electron chi connectivity index (χ2n) is 9.90. The standard InChI is InChI=1S/C22H41N3O2/c1-6-17(2)16-23-21(27)20(18-9-7-8-10-18)25-13-11-24(12-14-25)19(26)15-22(3,4)5/h17-18,20H,6-16H2,1-5H3,(H,23,27)/t17-,20-/m1/s1. The van der Waals surface area contributed by atoms with Crippen molar-refractivity contribution in [3.63, 3.8) is 0 Å². The van der Waals surface area contributed by atoms with Crippen molar-refractivity contribution in [3.8, 4) is 0 Å². The fourth-order valence-electron chi connectivity index (χ4n) is 4.29. The summed E-state index contributed by atoms with van der Waals surface area (Å²) in [6.45, 7) is 14.6. The first-order chi connectivity index (χ1) is 12.7. The van der Waals surface area contributed by atoms with E-state index in [1.807, 2.05) is 4.90 Å². The number of carbonyl (C=O) groups excluding carboxylic acids is 2. The predicted molar refractivity (Wildman–Crippen MR) is 110 cm³/mol. The minimum absolute atomic E-state index is 0.0172. The number of hydrogen-bond donors (Lipinski definition) is 1. The topological polar surface area (TPSA) is 52.7 Å². The molecule has 2 rings (SSSR count). The highest BCUT2D eigenvalue weighted by atomic mass is 16.2. The third-order valence-corrected chi connectivity index (χ3v) is 6.18. The zero-order chi connectivity index (χ0) is 20.0. The minimum atomic E-state index is -0.0172. The Morgan fingerprint density at radius 1 is 1.07 bits per heavy atom. The fourth-order valence-corrected chi connectivity index (χ4v) is 4.29. The summed E-state index contributed by atoms with van der Waals surface area (Å²) in [7, 11) is 0. The van der Waals surface area contributed by atoms with Gasteiger partial charge in [0.1, 0.15) is 0 Å². The van der Waals surface area contributed by atoms with E-state index in [2.05, 4.69) is 44.8 Å². The van der Waals surface area contributed by atoms with Crippen LogP contribution in [0.15, 0.2) is 0 Å². The summed E-state index contributed by atoms with van der Waals surface area (Å²) >= 11 is 0. The van der Waals surface area contributed by atoms with Crippen molar-refractivity contribution in [1.29, 1.82) is 0 Å². The summed E-state index contributed by atoms with van der Waals surface area (Å²) in [6, 6.07) is -0.0172. The molecule has 0 radical (unpaired) electrons. The van der Waals surface area contributed by atoms with Gasteiger partial charge in [-0.2, -0.15) is 0 Å². The molecule has 2 aliphatic rings. The lowest BCUT2D eigenvalue weighted by atomic mass is 9.91. The molecule has 2 fully saturated rings. The van der Waals surface area contributed by atoms with E-state index in [1.165, 1.54) is 12.8 Å². The SMILES string of the molecule is CC[C@@H](C)CNC(=O)[C@@H](C1CCCC1)N1CCN(C(=O)CC(C)(C)C)CC1. The van der Waals surface area contributed by atoms with E-state index in [0.29, 0.717) is 18.3 Å². The molecule has 27 heavy (non-hydrogen) atoms. The van der Waals surface area contributed by atoms with Gasteiger partial charge in [0.25, 0.3) is 0 Å².